The monoisotopic (exact) mass is 256 g/mol. The van der Waals surface area contributed by atoms with E-state index >= 15 is 0 Å². The molecule has 0 aromatic carbocycles. The van der Waals surface area contributed by atoms with Gasteiger partial charge in [-0.3, -0.25) is 4.99 Å². The highest BCUT2D eigenvalue weighted by Gasteiger charge is 2.28. The minimum Gasteiger partial charge on any atom is -0.360 e. The maximum absolute atomic E-state index is 4.89. The van der Waals surface area contributed by atoms with Crippen LogP contribution in [0.15, 0.2) is 4.99 Å². The number of thioether (sulfide) groups is 1. The summed E-state index contributed by atoms with van der Waals surface area (Å²) in [6, 6.07) is 0.462. The van der Waals surface area contributed by atoms with Crippen LogP contribution < -0.4 is 5.32 Å². The standard InChI is InChI=1S/C14H28N2S/c1-7-9-14(5,6)16-12-15-11(8-10-17-12)13(2,3)4/h11H,7-10H2,1-6H3,(H,15,16). The maximum Gasteiger partial charge on any atom is 0.157 e. The molecule has 1 unspecified atom stereocenters. The fourth-order valence-corrected chi connectivity index (χ4v) is 3.27. The molecule has 1 atom stereocenters. The van der Waals surface area contributed by atoms with Crippen molar-refractivity contribution in [3.05, 3.63) is 0 Å². The third-order valence-electron chi connectivity index (χ3n) is 3.22. The van der Waals surface area contributed by atoms with Crippen molar-refractivity contribution in [1.82, 2.24) is 5.32 Å². The first-order valence-electron chi connectivity index (χ1n) is 6.73. The lowest BCUT2D eigenvalue weighted by Gasteiger charge is -2.34. The molecule has 0 radical (unpaired) electrons. The Balaban J connectivity index is 2.68. The second kappa shape index (κ2) is 5.64. The summed E-state index contributed by atoms with van der Waals surface area (Å²) in [6.45, 7) is 13.6. The molecule has 3 heteroatoms. The van der Waals surface area contributed by atoms with Crippen LogP contribution in [0.4, 0.5) is 0 Å². The van der Waals surface area contributed by atoms with Crippen molar-refractivity contribution in [2.75, 3.05) is 5.75 Å². The highest BCUT2D eigenvalue weighted by Crippen LogP contribution is 2.30. The summed E-state index contributed by atoms with van der Waals surface area (Å²) in [5, 5.41) is 4.76. The summed E-state index contributed by atoms with van der Waals surface area (Å²) in [5.41, 5.74) is 0.448. The summed E-state index contributed by atoms with van der Waals surface area (Å²) < 4.78 is 0. The summed E-state index contributed by atoms with van der Waals surface area (Å²) in [4.78, 5) is 4.89. The molecular weight excluding hydrogens is 228 g/mol. The Morgan fingerprint density at radius 3 is 2.47 bits per heavy atom. The van der Waals surface area contributed by atoms with Gasteiger partial charge in [0, 0.05) is 11.3 Å². The van der Waals surface area contributed by atoms with Gasteiger partial charge in [0.05, 0.1) is 6.04 Å². The van der Waals surface area contributed by atoms with E-state index in [4.69, 9.17) is 4.99 Å². The van der Waals surface area contributed by atoms with Crippen molar-refractivity contribution >= 4 is 16.9 Å². The SMILES string of the molecule is CCCC(C)(C)NC1=NC(C(C)(C)C)CCS1. The van der Waals surface area contributed by atoms with Gasteiger partial charge in [-0.05, 0) is 32.1 Å². The average Bonchev–Trinajstić information content (AvgIpc) is 2.15. The molecule has 1 aliphatic heterocycles. The van der Waals surface area contributed by atoms with E-state index in [9.17, 15) is 0 Å². The number of aliphatic imine (C=N–C) groups is 1. The Hall–Kier alpha value is -0.180. The van der Waals surface area contributed by atoms with Crippen LogP contribution in [0.1, 0.15) is 60.8 Å². The first-order chi connectivity index (χ1) is 7.74. The van der Waals surface area contributed by atoms with E-state index in [0.717, 1.165) is 5.17 Å². The topological polar surface area (TPSA) is 24.4 Å². The van der Waals surface area contributed by atoms with E-state index in [1.54, 1.807) is 0 Å². The molecule has 100 valence electrons. The Morgan fingerprint density at radius 2 is 1.94 bits per heavy atom. The van der Waals surface area contributed by atoms with Crippen molar-refractivity contribution in [2.45, 2.75) is 72.4 Å². The van der Waals surface area contributed by atoms with Crippen molar-refractivity contribution in [3.8, 4) is 0 Å². The lowest BCUT2D eigenvalue weighted by Crippen LogP contribution is -2.44. The Morgan fingerprint density at radius 1 is 1.29 bits per heavy atom. The van der Waals surface area contributed by atoms with Gasteiger partial charge < -0.3 is 5.32 Å². The van der Waals surface area contributed by atoms with Gasteiger partial charge in [-0.15, -0.1) is 0 Å². The van der Waals surface area contributed by atoms with Crippen LogP contribution in [0.5, 0.6) is 0 Å². The van der Waals surface area contributed by atoms with Gasteiger partial charge >= 0.3 is 0 Å². The molecule has 1 aliphatic rings. The summed E-state index contributed by atoms with van der Waals surface area (Å²) >= 11 is 1.87. The van der Waals surface area contributed by atoms with Crippen molar-refractivity contribution in [1.29, 1.82) is 0 Å². The normalized spacial score (nSPS) is 22.2. The zero-order chi connectivity index (χ0) is 13.1. The maximum atomic E-state index is 4.89. The summed E-state index contributed by atoms with van der Waals surface area (Å²) in [7, 11) is 0. The first kappa shape index (κ1) is 14.9. The minimum absolute atomic E-state index is 0.167. The molecule has 0 fully saturated rings. The molecule has 0 aliphatic carbocycles. The molecule has 1 heterocycles. The lowest BCUT2D eigenvalue weighted by atomic mass is 9.85. The average molecular weight is 256 g/mol. The van der Waals surface area contributed by atoms with Gasteiger partial charge in [0.15, 0.2) is 5.17 Å². The molecule has 1 N–H and O–H groups in total. The third-order valence-corrected chi connectivity index (χ3v) is 4.14. The zero-order valence-corrected chi connectivity index (χ0v) is 13.1. The number of nitrogens with one attached hydrogen (secondary N) is 1. The lowest BCUT2D eigenvalue weighted by molar-refractivity contribution is 0.314. The van der Waals surface area contributed by atoms with Gasteiger partial charge in [-0.1, -0.05) is 45.9 Å². The van der Waals surface area contributed by atoms with Crippen LogP contribution in [0, 0.1) is 5.41 Å². The van der Waals surface area contributed by atoms with Crippen molar-refractivity contribution in [3.63, 3.8) is 0 Å². The summed E-state index contributed by atoms with van der Waals surface area (Å²) in [5.74, 6) is 1.19. The van der Waals surface area contributed by atoms with E-state index in [-0.39, 0.29) is 11.0 Å². The van der Waals surface area contributed by atoms with Crippen LogP contribution in [-0.4, -0.2) is 22.5 Å². The quantitative estimate of drug-likeness (QED) is 0.823. The van der Waals surface area contributed by atoms with Gasteiger partial charge in [0.25, 0.3) is 0 Å². The molecular formula is C14H28N2S. The van der Waals surface area contributed by atoms with E-state index in [1.165, 1.54) is 25.0 Å². The van der Waals surface area contributed by atoms with E-state index in [0.29, 0.717) is 6.04 Å². The number of rotatable bonds is 3. The van der Waals surface area contributed by atoms with Gasteiger partial charge in [-0.2, -0.15) is 0 Å². The minimum atomic E-state index is 0.167. The first-order valence-corrected chi connectivity index (χ1v) is 7.72. The Bertz CT molecular complexity index is 276. The highest BCUT2D eigenvalue weighted by molar-refractivity contribution is 8.13. The molecule has 0 aromatic heterocycles. The van der Waals surface area contributed by atoms with E-state index in [1.807, 2.05) is 11.8 Å². The fourth-order valence-electron chi connectivity index (χ4n) is 2.18. The van der Waals surface area contributed by atoms with Crippen LogP contribution in [-0.2, 0) is 0 Å². The zero-order valence-electron chi connectivity index (χ0n) is 12.3. The van der Waals surface area contributed by atoms with Crippen LogP contribution in [0.25, 0.3) is 0 Å². The van der Waals surface area contributed by atoms with Gasteiger partial charge in [-0.25, -0.2) is 0 Å². The van der Waals surface area contributed by atoms with E-state index < -0.39 is 0 Å². The number of amidine groups is 1. The van der Waals surface area contributed by atoms with Crippen LogP contribution >= 0.6 is 11.8 Å². The van der Waals surface area contributed by atoms with Gasteiger partial charge in [0.2, 0.25) is 0 Å². The number of hydrogen-bond donors (Lipinski definition) is 1. The molecule has 0 aromatic rings. The van der Waals surface area contributed by atoms with Gasteiger partial charge in [0.1, 0.15) is 0 Å². The third kappa shape index (κ3) is 4.90. The molecule has 0 saturated carbocycles. The van der Waals surface area contributed by atoms with E-state index in [2.05, 4.69) is 46.9 Å². The second-order valence-electron chi connectivity index (χ2n) is 6.71. The molecule has 2 nitrogen and oxygen atoms in total. The number of nitrogens with zero attached hydrogens (tertiary/aromatic N) is 1. The van der Waals surface area contributed by atoms with Crippen molar-refractivity contribution in [2.24, 2.45) is 10.4 Å². The predicted octanol–water partition coefficient (Wildman–Crippen LogP) is 4.06. The molecule has 17 heavy (non-hydrogen) atoms. The molecule has 0 saturated heterocycles. The Labute approximate surface area is 111 Å². The highest BCUT2D eigenvalue weighted by atomic mass is 32.2. The van der Waals surface area contributed by atoms with Crippen molar-refractivity contribution < 1.29 is 0 Å². The smallest absolute Gasteiger partial charge is 0.157 e. The second-order valence-corrected chi connectivity index (χ2v) is 7.80. The largest absolute Gasteiger partial charge is 0.360 e. The molecule has 0 amide bonds. The van der Waals surface area contributed by atoms with Crippen LogP contribution in [0.2, 0.25) is 0 Å². The summed E-state index contributed by atoms with van der Waals surface area (Å²) in [6.07, 6.45) is 3.60. The Kier molecular flexibility index (Phi) is 4.94. The predicted molar refractivity (Wildman–Crippen MR) is 79.9 cm³/mol. The molecule has 0 bridgehead atoms. The molecule has 0 spiro atoms. The molecule has 1 rings (SSSR count). The van der Waals surface area contributed by atoms with Crippen LogP contribution in [0.3, 0.4) is 0 Å². The number of hydrogen-bond acceptors (Lipinski definition) is 3. The fraction of sp³-hybridized carbons (Fsp3) is 0.929.